The smallest absolute Gasteiger partial charge is 0.102 e. The molecular weight excluding hydrogens is 112 g/mol. The molecule has 1 nitrogen and oxygen atoms in total. The van der Waals surface area contributed by atoms with Crippen LogP contribution < -0.4 is 0 Å². The van der Waals surface area contributed by atoms with Gasteiger partial charge in [-0.25, -0.2) is 0 Å². The topological polar surface area (TPSA) is 9.23 Å². The van der Waals surface area contributed by atoms with Gasteiger partial charge in [0.15, 0.2) is 0 Å². The Balaban J connectivity index is 3.58. The fourth-order valence-corrected chi connectivity index (χ4v) is 0.336. The van der Waals surface area contributed by atoms with E-state index in [9.17, 15) is 0 Å². The van der Waals surface area contributed by atoms with Crippen molar-refractivity contribution in [3.63, 3.8) is 0 Å². The summed E-state index contributed by atoms with van der Waals surface area (Å²) in [6, 6.07) is 0. The molecule has 0 fully saturated rings. The summed E-state index contributed by atoms with van der Waals surface area (Å²) in [5.41, 5.74) is 0.00646. The lowest BCUT2D eigenvalue weighted by Gasteiger charge is -2.21. The number of hydrogen-bond acceptors (Lipinski definition) is 1. The highest BCUT2D eigenvalue weighted by molar-refractivity contribution is 4.73. The standard InChI is InChI=1S/C8H16O/c1-5-7-9-8(3,4)6-2/h5,7H,6H2,1-4H3. The molecular formula is C8H16O. The first-order valence-corrected chi connectivity index (χ1v) is 3.41. The summed E-state index contributed by atoms with van der Waals surface area (Å²) in [5, 5.41) is 0. The molecule has 0 heterocycles. The predicted molar refractivity (Wildman–Crippen MR) is 40.3 cm³/mol. The van der Waals surface area contributed by atoms with E-state index in [-0.39, 0.29) is 5.60 Å². The van der Waals surface area contributed by atoms with Crippen LogP contribution in [0.15, 0.2) is 12.3 Å². The summed E-state index contributed by atoms with van der Waals surface area (Å²) in [6.07, 6.45) is 4.68. The zero-order chi connectivity index (χ0) is 7.33. The fraction of sp³-hybridized carbons (Fsp3) is 0.750. The third kappa shape index (κ3) is 4.07. The van der Waals surface area contributed by atoms with E-state index in [1.165, 1.54) is 0 Å². The molecule has 0 aromatic rings. The molecule has 0 amide bonds. The van der Waals surface area contributed by atoms with E-state index in [1.807, 2.05) is 13.0 Å². The van der Waals surface area contributed by atoms with E-state index in [4.69, 9.17) is 4.74 Å². The van der Waals surface area contributed by atoms with Crippen LogP contribution in [0.25, 0.3) is 0 Å². The van der Waals surface area contributed by atoms with Crippen molar-refractivity contribution in [2.45, 2.75) is 39.7 Å². The molecule has 9 heavy (non-hydrogen) atoms. The van der Waals surface area contributed by atoms with Gasteiger partial charge in [-0.1, -0.05) is 13.0 Å². The van der Waals surface area contributed by atoms with Crippen LogP contribution in [0.2, 0.25) is 0 Å². The minimum Gasteiger partial charge on any atom is -0.496 e. The van der Waals surface area contributed by atoms with Crippen molar-refractivity contribution in [1.82, 2.24) is 0 Å². The highest BCUT2D eigenvalue weighted by Gasteiger charge is 2.12. The molecule has 0 aromatic carbocycles. The van der Waals surface area contributed by atoms with Gasteiger partial charge < -0.3 is 4.74 Å². The second-order valence-electron chi connectivity index (χ2n) is 2.70. The van der Waals surface area contributed by atoms with Crippen molar-refractivity contribution >= 4 is 0 Å². The highest BCUT2D eigenvalue weighted by atomic mass is 16.5. The van der Waals surface area contributed by atoms with E-state index < -0.39 is 0 Å². The normalized spacial score (nSPS) is 12.4. The average Bonchev–Trinajstić information content (AvgIpc) is 1.84. The quantitative estimate of drug-likeness (QED) is 0.531. The summed E-state index contributed by atoms with van der Waals surface area (Å²) in [5.74, 6) is 0. The Hall–Kier alpha value is -0.460. The molecule has 0 aliphatic carbocycles. The molecule has 0 aliphatic heterocycles. The summed E-state index contributed by atoms with van der Waals surface area (Å²) < 4.78 is 5.35. The lowest BCUT2D eigenvalue weighted by atomic mass is 10.1. The molecule has 0 aromatic heterocycles. The Labute approximate surface area is 57.7 Å². The van der Waals surface area contributed by atoms with E-state index in [1.54, 1.807) is 6.26 Å². The van der Waals surface area contributed by atoms with Crippen LogP contribution in [0.3, 0.4) is 0 Å². The number of rotatable bonds is 3. The number of ether oxygens (including phenoxy) is 1. The second-order valence-corrected chi connectivity index (χ2v) is 2.70. The van der Waals surface area contributed by atoms with Crippen LogP contribution >= 0.6 is 0 Å². The Morgan fingerprint density at radius 2 is 2.00 bits per heavy atom. The largest absolute Gasteiger partial charge is 0.496 e. The Morgan fingerprint density at radius 3 is 2.33 bits per heavy atom. The lowest BCUT2D eigenvalue weighted by molar-refractivity contribution is 0.0540. The average molecular weight is 128 g/mol. The molecule has 0 spiro atoms. The monoisotopic (exact) mass is 128 g/mol. The number of allylic oxidation sites excluding steroid dienone is 1. The summed E-state index contributed by atoms with van der Waals surface area (Å²) in [7, 11) is 0. The minimum absolute atomic E-state index is 0.00646. The van der Waals surface area contributed by atoms with Crippen LogP contribution in [0.4, 0.5) is 0 Å². The van der Waals surface area contributed by atoms with Crippen LogP contribution in [0, 0.1) is 0 Å². The van der Waals surface area contributed by atoms with Crippen LogP contribution in [0.5, 0.6) is 0 Å². The molecule has 0 radical (unpaired) electrons. The molecule has 54 valence electrons. The highest BCUT2D eigenvalue weighted by Crippen LogP contribution is 2.13. The lowest BCUT2D eigenvalue weighted by Crippen LogP contribution is -2.19. The van der Waals surface area contributed by atoms with Gasteiger partial charge in [-0.15, -0.1) is 0 Å². The van der Waals surface area contributed by atoms with E-state index in [2.05, 4.69) is 20.8 Å². The fourth-order valence-electron chi connectivity index (χ4n) is 0.336. The van der Waals surface area contributed by atoms with Gasteiger partial charge in [-0.3, -0.25) is 0 Å². The maximum absolute atomic E-state index is 5.35. The second kappa shape index (κ2) is 3.54. The Morgan fingerprint density at radius 1 is 1.44 bits per heavy atom. The van der Waals surface area contributed by atoms with Gasteiger partial charge in [0.25, 0.3) is 0 Å². The molecule has 0 atom stereocenters. The van der Waals surface area contributed by atoms with E-state index in [0.717, 1.165) is 6.42 Å². The predicted octanol–water partition coefficient (Wildman–Crippen LogP) is 2.73. The van der Waals surface area contributed by atoms with Gasteiger partial charge in [-0.2, -0.15) is 0 Å². The van der Waals surface area contributed by atoms with Gasteiger partial charge in [0.05, 0.1) is 6.26 Å². The van der Waals surface area contributed by atoms with Gasteiger partial charge in [0, 0.05) is 0 Å². The first-order valence-electron chi connectivity index (χ1n) is 3.41. The molecule has 0 bridgehead atoms. The Bertz CT molecular complexity index is 92.7. The minimum atomic E-state index is 0.00646. The third-order valence-electron chi connectivity index (χ3n) is 1.37. The van der Waals surface area contributed by atoms with Crippen molar-refractivity contribution in [2.24, 2.45) is 0 Å². The molecule has 0 unspecified atom stereocenters. The van der Waals surface area contributed by atoms with Crippen LogP contribution in [-0.2, 0) is 4.74 Å². The third-order valence-corrected chi connectivity index (χ3v) is 1.37. The van der Waals surface area contributed by atoms with E-state index >= 15 is 0 Å². The molecule has 0 aliphatic rings. The molecule has 0 N–H and O–H groups in total. The van der Waals surface area contributed by atoms with Gasteiger partial charge in [0.1, 0.15) is 5.60 Å². The Kier molecular flexibility index (Phi) is 3.36. The molecule has 1 heteroatoms. The molecule has 0 saturated carbocycles. The van der Waals surface area contributed by atoms with Crippen molar-refractivity contribution in [3.05, 3.63) is 12.3 Å². The summed E-state index contributed by atoms with van der Waals surface area (Å²) in [6.45, 7) is 8.22. The first kappa shape index (κ1) is 8.54. The first-order chi connectivity index (χ1) is 4.12. The van der Waals surface area contributed by atoms with E-state index in [0.29, 0.717) is 0 Å². The van der Waals surface area contributed by atoms with Gasteiger partial charge in [0.2, 0.25) is 0 Å². The van der Waals surface area contributed by atoms with Gasteiger partial charge in [-0.05, 0) is 27.2 Å². The number of hydrogen-bond donors (Lipinski definition) is 0. The van der Waals surface area contributed by atoms with Crippen molar-refractivity contribution in [3.8, 4) is 0 Å². The van der Waals surface area contributed by atoms with Crippen LogP contribution in [-0.4, -0.2) is 5.60 Å². The van der Waals surface area contributed by atoms with Crippen LogP contribution in [0.1, 0.15) is 34.1 Å². The molecule has 0 rings (SSSR count). The van der Waals surface area contributed by atoms with Crippen molar-refractivity contribution < 1.29 is 4.74 Å². The zero-order valence-electron chi connectivity index (χ0n) is 6.77. The zero-order valence-corrected chi connectivity index (χ0v) is 6.77. The maximum atomic E-state index is 5.35. The molecule has 0 saturated heterocycles. The maximum Gasteiger partial charge on any atom is 0.102 e. The summed E-state index contributed by atoms with van der Waals surface area (Å²) in [4.78, 5) is 0. The van der Waals surface area contributed by atoms with Gasteiger partial charge >= 0.3 is 0 Å². The SMILES string of the molecule is CC=COC(C)(C)CC. The van der Waals surface area contributed by atoms with Crippen molar-refractivity contribution in [2.75, 3.05) is 0 Å². The summed E-state index contributed by atoms with van der Waals surface area (Å²) >= 11 is 0. The van der Waals surface area contributed by atoms with Crippen molar-refractivity contribution in [1.29, 1.82) is 0 Å².